The van der Waals surface area contributed by atoms with Crippen molar-refractivity contribution in [2.75, 3.05) is 0 Å². The molecule has 0 atom stereocenters. The van der Waals surface area contributed by atoms with E-state index in [0.29, 0.717) is 11.9 Å². The molecule has 0 aromatic heterocycles. The summed E-state index contributed by atoms with van der Waals surface area (Å²) in [7, 11) is 0. The van der Waals surface area contributed by atoms with Crippen molar-refractivity contribution < 1.29 is 9.90 Å². The van der Waals surface area contributed by atoms with Gasteiger partial charge in [-0.25, -0.2) is 0 Å². The van der Waals surface area contributed by atoms with Gasteiger partial charge in [-0.15, -0.1) is 0 Å². The van der Waals surface area contributed by atoms with Crippen molar-refractivity contribution in [3.8, 4) is 0 Å². The van der Waals surface area contributed by atoms with Crippen molar-refractivity contribution in [3.05, 3.63) is 23.5 Å². The molecule has 0 fully saturated rings. The number of hydrogen-bond acceptors (Lipinski definition) is 2. The number of hydrogen-bond donors (Lipinski definition) is 1. The summed E-state index contributed by atoms with van der Waals surface area (Å²) in [4.78, 5) is 10.1. The Morgan fingerprint density at radius 2 is 2.11 bits per heavy atom. The molecule has 0 heterocycles. The van der Waals surface area contributed by atoms with E-state index in [1.165, 1.54) is 0 Å². The zero-order chi connectivity index (χ0) is 6.69. The smallest absolute Gasteiger partial charge is 0.153 e. The first-order chi connectivity index (χ1) is 4.34. The fraction of sp³-hybridized carbons (Fsp3) is 0.286. The van der Waals surface area contributed by atoms with Crippen LogP contribution in [-0.4, -0.2) is 11.4 Å². The lowest BCUT2D eigenvalue weighted by Gasteiger charge is -2.02. The van der Waals surface area contributed by atoms with E-state index in [4.69, 9.17) is 5.11 Å². The first-order valence-corrected chi connectivity index (χ1v) is 2.89. The van der Waals surface area contributed by atoms with Crippen LogP contribution in [0.2, 0.25) is 0 Å². The number of carbonyl (C=O) groups excluding carboxylic acids is 1. The first kappa shape index (κ1) is 6.08. The molecule has 0 spiro atoms. The van der Waals surface area contributed by atoms with Crippen molar-refractivity contribution >= 4 is 6.29 Å². The van der Waals surface area contributed by atoms with E-state index in [1.807, 2.05) is 0 Å². The van der Waals surface area contributed by atoms with Crippen LogP contribution in [0.1, 0.15) is 12.8 Å². The van der Waals surface area contributed by atoms with Crippen molar-refractivity contribution in [1.82, 2.24) is 0 Å². The Morgan fingerprint density at radius 1 is 1.44 bits per heavy atom. The lowest BCUT2D eigenvalue weighted by atomic mass is 10.1. The van der Waals surface area contributed by atoms with Crippen LogP contribution in [0.5, 0.6) is 0 Å². The van der Waals surface area contributed by atoms with Gasteiger partial charge in [-0.3, -0.25) is 4.79 Å². The topological polar surface area (TPSA) is 37.3 Å². The second-order valence-electron chi connectivity index (χ2n) is 1.94. The third-order valence-corrected chi connectivity index (χ3v) is 1.29. The molecule has 0 bridgehead atoms. The molecule has 2 nitrogen and oxygen atoms in total. The first-order valence-electron chi connectivity index (χ1n) is 2.89. The van der Waals surface area contributed by atoms with Crippen LogP contribution in [-0.2, 0) is 4.79 Å². The fourth-order valence-electron chi connectivity index (χ4n) is 0.790. The van der Waals surface area contributed by atoms with E-state index >= 15 is 0 Å². The standard InChI is InChI=1S/C7H8O2/c8-5-6-3-1-2-4-7(6)9/h3-5,9H,1-2H2. The van der Waals surface area contributed by atoms with E-state index in [-0.39, 0.29) is 5.76 Å². The van der Waals surface area contributed by atoms with Gasteiger partial charge < -0.3 is 5.11 Å². The molecule has 0 aliphatic heterocycles. The summed E-state index contributed by atoms with van der Waals surface area (Å²) in [6.07, 6.45) is 5.76. The highest BCUT2D eigenvalue weighted by Gasteiger charge is 2.03. The number of aldehydes is 1. The average molecular weight is 124 g/mol. The summed E-state index contributed by atoms with van der Waals surface area (Å²) in [6.45, 7) is 0. The number of allylic oxidation sites excluding steroid dienone is 3. The largest absolute Gasteiger partial charge is 0.508 e. The second-order valence-corrected chi connectivity index (χ2v) is 1.94. The predicted molar refractivity (Wildman–Crippen MR) is 34.1 cm³/mol. The maximum absolute atomic E-state index is 10.1. The van der Waals surface area contributed by atoms with Crippen LogP contribution in [0.15, 0.2) is 23.5 Å². The predicted octanol–water partition coefficient (Wildman–Crippen LogP) is 1.35. The van der Waals surface area contributed by atoms with Gasteiger partial charge in [0.15, 0.2) is 6.29 Å². The molecule has 9 heavy (non-hydrogen) atoms. The quantitative estimate of drug-likeness (QED) is 0.535. The third-order valence-electron chi connectivity index (χ3n) is 1.29. The molecule has 1 aliphatic rings. The van der Waals surface area contributed by atoms with Crippen LogP contribution in [0.25, 0.3) is 0 Å². The maximum atomic E-state index is 10.1. The van der Waals surface area contributed by atoms with Gasteiger partial charge in [0.05, 0.1) is 5.57 Å². The Balaban J connectivity index is 2.79. The zero-order valence-corrected chi connectivity index (χ0v) is 5.00. The van der Waals surface area contributed by atoms with Gasteiger partial charge in [0.1, 0.15) is 5.76 Å². The molecule has 0 aromatic rings. The highest BCUT2D eigenvalue weighted by molar-refractivity contribution is 5.79. The molecule has 1 rings (SSSR count). The number of aliphatic hydroxyl groups is 1. The van der Waals surface area contributed by atoms with Crippen molar-refractivity contribution in [2.45, 2.75) is 12.8 Å². The molecular formula is C7H8O2. The van der Waals surface area contributed by atoms with Crippen molar-refractivity contribution in [1.29, 1.82) is 0 Å². The van der Waals surface area contributed by atoms with E-state index in [1.54, 1.807) is 12.2 Å². The highest BCUT2D eigenvalue weighted by Crippen LogP contribution is 2.13. The number of aliphatic hydroxyl groups excluding tert-OH is 1. The van der Waals surface area contributed by atoms with Crippen LogP contribution in [0, 0.1) is 0 Å². The zero-order valence-electron chi connectivity index (χ0n) is 5.00. The monoisotopic (exact) mass is 124 g/mol. The van der Waals surface area contributed by atoms with Crippen LogP contribution < -0.4 is 0 Å². The van der Waals surface area contributed by atoms with Gasteiger partial charge in [0.25, 0.3) is 0 Å². The van der Waals surface area contributed by atoms with Crippen LogP contribution in [0.3, 0.4) is 0 Å². The van der Waals surface area contributed by atoms with Crippen LogP contribution >= 0.6 is 0 Å². The normalized spacial score (nSPS) is 18.2. The molecule has 1 N–H and O–H groups in total. The van der Waals surface area contributed by atoms with Gasteiger partial charge in [-0.2, -0.15) is 0 Å². The molecule has 0 aromatic carbocycles. The van der Waals surface area contributed by atoms with E-state index in [0.717, 1.165) is 12.8 Å². The summed E-state index contributed by atoms with van der Waals surface area (Å²) in [5, 5.41) is 8.93. The molecule has 1 aliphatic carbocycles. The average Bonchev–Trinajstić information content (AvgIpc) is 1.89. The van der Waals surface area contributed by atoms with Gasteiger partial charge in [0, 0.05) is 0 Å². The van der Waals surface area contributed by atoms with Crippen molar-refractivity contribution in [2.24, 2.45) is 0 Å². The fourth-order valence-corrected chi connectivity index (χ4v) is 0.790. The van der Waals surface area contributed by atoms with Gasteiger partial charge in [-0.1, -0.05) is 6.08 Å². The Labute approximate surface area is 53.5 Å². The molecule has 0 unspecified atom stereocenters. The summed E-state index contributed by atoms with van der Waals surface area (Å²) < 4.78 is 0. The molecule has 2 heteroatoms. The van der Waals surface area contributed by atoms with Gasteiger partial charge in [-0.05, 0) is 18.9 Å². The van der Waals surface area contributed by atoms with Crippen molar-refractivity contribution in [3.63, 3.8) is 0 Å². The molecule has 0 saturated heterocycles. The SMILES string of the molecule is O=CC1=CCCC=C1O. The van der Waals surface area contributed by atoms with Gasteiger partial charge >= 0.3 is 0 Å². The third kappa shape index (κ3) is 1.19. The highest BCUT2D eigenvalue weighted by atomic mass is 16.3. The number of carbonyl (C=O) groups is 1. The number of rotatable bonds is 1. The lowest BCUT2D eigenvalue weighted by Crippen LogP contribution is -1.94. The Morgan fingerprint density at radius 3 is 2.56 bits per heavy atom. The summed E-state index contributed by atoms with van der Waals surface area (Å²) in [6, 6.07) is 0. The minimum atomic E-state index is 0.122. The summed E-state index contributed by atoms with van der Waals surface area (Å²) >= 11 is 0. The molecule has 48 valence electrons. The van der Waals surface area contributed by atoms with E-state index < -0.39 is 0 Å². The lowest BCUT2D eigenvalue weighted by molar-refractivity contribution is -0.104. The Kier molecular flexibility index (Phi) is 1.68. The summed E-state index contributed by atoms with van der Waals surface area (Å²) in [5.41, 5.74) is 0.418. The molecular weight excluding hydrogens is 116 g/mol. The Bertz CT molecular complexity index is 177. The molecule has 0 amide bonds. The minimum Gasteiger partial charge on any atom is -0.508 e. The minimum absolute atomic E-state index is 0.122. The molecule has 0 saturated carbocycles. The molecule has 0 radical (unpaired) electrons. The summed E-state index contributed by atoms with van der Waals surface area (Å²) in [5.74, 6) is 0.122. The van der Waals surface area contributed by atoms with E-state index in [9.17, 15) is 4.79 Å². The Hall–Kier alpha value is -1.05. The maximum Gasteiger partial charge on any atom is 0.153 e. The second kappa shape index (κ2) is 2.49. The van der Waals surface area contributed by atoms with E-state index in [2.05, 4.69) is 0 Å². The van der Waals surface area contributed by atoms with Crippen LogP contribution in [0.4, 0.5) is 0 Å². The van der Waals surface area contributed by atoms with Gasteiger partial charge in [0.2, 0.25) is 0 Å².